The molecule has 0 saturated carbocycles. The Bertz CT molecular complexity index is 1180. The largest absolute Gasteiger partial charge is 0.507 e. The maximum Gasteiger partial charge on any atom is 0.424 e. The molecule has 0 fully saturated rings. The number of carbonyl (C=O) groups excluding carboxylic acids is 2. The number of phenols is 1. The highest BCUT2D eigenvalue weighted by Gasteiger charge is 2.47. The van der Waals surface area contributed by atoms with Gasteiger partial charge in [-0.15, -0.1) is 0 Å². The number of hydrogen-bond acceptors (Lipinski definition) is 7. The summed E-state index contributed by atoms with van der Waals surface area (Å²) in [4.78, 5) is 26.3. The molecule has 3 atom stereocenters. The quantitative estimate of drug-likeness (QED) is 0.0958. The molecule has 1 aliphatic carbocycles. The molecule has 41 heavy (non-hydrogen) atoms. The molecule has 8 nitrogen and oxygen atoms in total. The fourth-order valence-electron chi connectivity index (χ4n) is 5.00. The second kappa shape index (κ2) is 14.6. The van der Waals surface area contributed by atoms with Crippen LogP contribution >= 0.6 is 7.52 Å². The van der Waals surface area contributed by atoms with Gasteiger partial charge in [-0.25, -0.2) is 14.4 Å². The van der Waals surface area contributed by atoms with E-state index in [-0.39, 0.29) is 23.3 Å². The predicted octanol–water partition coefficient (Wildman–Crippen LogP) is 8.58. The van der Waals surface area contributed by atoms with Crippen molar-refractivity contribution in [1.29, 1.82) is 0 Å². The highest BCUT2D eigenvalue weighted by atomic mass is 31.2. The Balaban J connectivity index is 2.73. The van der Waals surface area contributed by atoms with Crippen molar-refractivity contribution in [3.05, 3.63) is 47.1 Å². The number of nitrogens with one attached hydrogen (secondary N) is 1. The van der Waals surface area contributed by atoms with Crippen molar-refractivity contribution in [3.63, 3.8) is 0 Å². The van der Waals surface area contributed by atoms with E-state index in [4.69, 9.17) is 14.0 Å². The molecule has 0 saturated heterocycles. The molecule has 3 unspecified atom stereocenters. The summed E-state index contributed by atoms with van der Waals surface area (Å²) < 4.78 is 31.4. The summed E-state index contributed by atoms with van der Waals surface area (Å²) in [6.07, 6.45) is 6.40. The highest BCUT2D eigenvalue weighted by Crippen LogP contribution is 2.53. The van der Waals surface area contributed by atoms with Crippen LogP contribution in [0.15, 0.2) is 35.9 Å². The topological polar surface area (TPSA) is 111 Å². The molecule has 230 valence electrons. The molecule has 0 spiro atoms. The van der Waals surface area contributed by atoms with E-state index in [1.165, 1.54) is 13.8 Å². The molecule has 1 aromatic carbocycles. The van der Waals surface area contributed by atoms with Crippen LogP contribution in [0.4, 0.5) is 4.79 Å². The number of phenolic OH excluding ortho intramolecular Hbond substituents is 1. The van der Waals surface area contributed by atoms with Gasteiger partial charge < -0.3 is 19.1 Å². The van der Waals surface area contributed by atoms with Crippen LogP contribution in [0.1, 0.15) is 111 Å². The van der Waals surface area contributed by atoms with Crippen LogP contribution < -0.4 is 9.61 Å². The number of benzene rings is 1. The summed E-state index contributed by atoms with van der Waals surface area (Å²) >= 11 is 0. The minimum atomic E-state index is -4.58. The Morgan fingerprint density at radius 1 is 1.15 bits per heavy atom. The summed E-state index contributed by atoms with van der Waals surface area (Å²) in [7, 11) is -4.58. The molecule has 0 amide bonds. The van der Waals surface area contributed by atoms with Crippen LogP contribution in [0.25, 0.3) is 0 Å². The van der Waals surface area contributed by atoms with Crippen molar-refractivity contribution in [3.8, 4) is 11.5 Å². The first kappa shape index (κ1) is 34.6. The number of aryl methyl sites for hydroxylation is 1. The van der Waals surface area contributed by atoms with Gasteiger partial charge in [-0.05, 0) is 105 Å². The van der Waals surface area contributed by atoms with Gasteiger partial charge in [0, 0.05) is 11.5 Å². The Kier molecular flexibility index (Phi) is 12.3. The number of esters is 1. The van der Waals surface area contributed by atoms with Gasteiger partial charge in [0.15, 0.2) is 0 Å². The van der Waals surface area contributed by atoms with E-state index >= 15 is 0 Å². The number of unbranched alkanes of at least 4 members (excludes halogenated alkanes) is 2. The minimum Gasteiger partial charge on any atom is -0.507 e. The zero-order chi connectivity index (χ0) is 31.1. The third-order valence-corrected chi connectivity index (χ3v) is 8.94. The van der Waals surface area contributed by atoms with Crippen molar-refractivity contribution in [1.82, 2.24) is 5.09 Å². The number of aromatic hydroxyl groups is 1. The average Bonchev–Trinajstić information content (AvgIpc) is 2.82. The molecule has 1 aliphatic rings. The van der Waals surface area contributed by atoms with Gasteiger partial charge in [0.25, 0.3) is 0 Å². The zero-order valence-corrected chi connectivity index (χ0v) is 27.2. The normalized spacial score (nSPS) is 19.0. The lowest BCUT2D eigenvalue weighted by Gasteiger charge is -2.34. The van der Waals surface area contributed by atoms with Crippen molar-refractivity contribution in [2.45, 2.75) is 125 Å². The number of hydrogen-bond donors (Lipinski definition) is 2. The van der Waals surface area contributed by atoms with Crippen molar-refractivity contribution in [2.24, 2.45) is 5.92 Å². The molecule has 0 aliphatic heterocycles. The van der Waals surface area contributed by atoms with Gasteiger partial charge in [0.05, 0.1) is 12.2 Å². The number of allylic oxidation sites excluding steroid dienone is 3. The van der Waals surface area contributed by atoms with E-state index in [1.54, 1.807) is 39.8 Å². The van der Waals surface area contributed by atoms with Crippen LogP contribution in [-0.2, 0) is 25.3 Å². The Hall–Kier alpha value is -2.57. The lowest BCUT2D eigenvalue weighted by molar-refractivity contribution is -0.153. The lowest BCUT2D eigenvalue weighted by Crippen LogP contribution is -2.48. The van der Waals surface area contributed by atoms with Crippen LogP contribution in [0.2, 0.25) is 0 Å². The van der Waals surface area contributed by atoms with Crippen LogP contribution in [0, 0.1) is 5.92 Å². The highest BCUT2D eigenvalue weighted by molar-refractivity contribution is 7.74. The smallest absolute Gasteiger partial charge is 0.424 e. The molecular weight excluding hydrogens is 541 g/mol. The summed E-state index contributed by atoms with van der Waals surface area (Å²) in [6, 6.07) is 3.47. The third-order valence-electron chi connectivity index (χ3n) is 7.05. The second-order valence-corrected chi connectivity index (χ2v) is 14.2. The molecule has 0 bridgehead atoms. The van der Waals surface area contributed by atoms with Gasteiger partial charge in [-0.3, -0.25) is 4.79 Å². The van der Waals surface area contributed by atoms with E-state index in [0.29, 0.717) is 12.0 Å². The van der Waals surface area contributed by atoms with Crippen LogP contribution in [0.5, 0.6) is 11.5 Å². The van der Waals surface area contributed by atoms with E-state index in [1.807, 2.05) is 13.8 Å². The Morgan fingerprint density at radius 2 is 1.78 bits per heavy atom. The molecule has 9 heteroatoms. The molecule has 2 N–H and O–H groups in total. The standard InChI is InChI=1S/C32H50NO7P/c1-11-12-13-14-24-18-27(34)29(26-17-23(8)15-16-25(26)20(2)3)28(19-24)40-41(37,31(36)39-22(6)7)33-32(9,10)30(35)38-21(4)5/h17-19,21-22,25-26,34H,2,11-16H2,1,3-10H3,(H,33,37). The van der Waals surface area contributed by atoms with Crippen LogP contribution in [0.3, 0.4) is 0 Å². The van der Waals surface area contributed by atoms with Gasteiger partial charge in [-0.1, -0.05) is 43.6 Å². The Labute approximate surface area is 246 Å². The Morgan fingerprint density at radius 3 is 2.34 bits per heavy atom. The number of ether oxygens (including phenoxy) is 2. The number of carbonyl (C=O) groups is 2. The molecule has 0 aromatic heterocycles. The van der Waals surface area contributed by atoms with Gasteiger partial charge in [0.1, 0.15) is 17.0 Å². The van der Waals surface area contributed by atoms with Crippen LogP contribution in [-0.4, -0.2) is 34.5 Å². The van der Waals surface area contributed by atoms with Crippen molar-refractivity contribution >= 4 is 19.2 Å². The maximum absolute atomic E-state index is 14.5. The maximum atomic E-state index is 14.5. The fraction of sp³-hybridized carbons (Fsp3) is 0.625. The first-order chi connectivity index (χ1) is 19.0. The molecule has 2 rings (SSSR count). The predicted molar refractivity (Wildman–Crippen MR) is 164 cm³/mol. The SMILES string of the molecule is C=C(C)C1CCC(C)=CC1c1c(O)cc(CCCCC)cc1OP(=O)(NC(C)(C)C(=O)OC(C)C)C(=O)OC(C)C. The molecule has 1 aromatic rings. The molecule has 0 radical (unpaired) electrons. The molecular formula is C32H50NO7P. The van der Waals surface area contributed by atoms with Gasteiger partial charge >= 0.3 is 19.2 Å². The van der Waals surface area contributed by atoms with E-state index < -0.39 is 36.9 Å². The summed E-state index contributed by atoms with van der Waals surface area (Å²) in [5.41, 5.74) is 0.653. The van der Waals surface area contributed by atoms with Gasteiger partial charge in [-0.2, -0.15) is 0 Å². The minimum absolute atomic E-state index is 0.00143. The number of rotatable bonds is 14. The summed E-state index contributed by atoms with van der Waals surface area (Å²) in [5, 5.41) is 14.1. The first-order valence-electron chi connectivity index (χ1n) is 14.7. The first-order valence-corrected chi connectivity index (χ1v) is 16.3. The average molecular weight is 592 g/mol. The molecule has 0 heterocycles. The summed E-state index contributed by atoms with van der Waals surface area (Å²) in [6.45, 7) is 19.9. The fourth-order valence-corrected chi connectivity index (χ4v) is 6.81. The van der Waals surface area contributed by atoms with Gasteiger partial charge in [0.2, 0.25) is 0 Å². The van der Waals surface area contributed by atoms with E-state index in [2.05, 4.69) is 24.7 Å². The van der Waals surface area contributed by atoms with E-state index in [0.717, 1.165) is 48.8 Å². The van der Waals surface area contributed by atoms with Crippen molar-refractivity contribution < 1.29 is 33.3 Å². The van der Waals surface area contributed by atoms with Crippen molar-refractivity contribution in [2.75, 3.05) is 0 Å². The summed E-state index contributed by atoms with van der Waals surface area (Å²) in [5.74, 6) is -0.889. The van der Waals surface area contributed by atoms with E-state index in [9.17, 15) is 19.3 Å². The second-order valence-electron chi connectivity index (χ2n) is 12.3. The zero-order valence-electron chi connectivity index (χ0n) is 26.3. The third kappa shape index (κ3) is 9.47. The monoisotopic (exact) mass is 591 g/mol. The lowest BCUT2D eigenvalue weighted by atomic mass is 9.73.